The predicted molar refractivity (Wildman–Crippen MR) is 154 cm³/mol. The van der Waals surface area contributed by atoms with Crippen LogP contribution < -0.4 is 0 Å². The van der Waals surface area contributed by atoms with Crippen molar-refractivity contribution in [1.82, 2.24) is 0 Å². The Morgan fingerprint density at radius 2 is 0.952 bits per heavy atom. The molecule has 0 aliphatic rings. The Balaban J connectivity index is -0.000000616. The average molecular weight is 609 g/mol. The number of carbonyl (C=O) groups excluding carboxylic acids is 2. The van der Waals surface area contributed by atoms with E-state index >= 15 is 0 Å². The molecule has 0 saturated heterocycles. The molecular formula is C29H52O13. The summed E-state index contributed by atoms with van der Waals surface area (Å²) in [5, 5.41) is 68.6. The van der Waals surface area contributed by atoms with Crippen molar-refractivity contribution >= 4 is 29.5 Å². The third kappa shape index (κ3) is 18.7. The first kappa shape index (κ1) is 43.7. The van der Waals surface area contributed by atoms with Gasteiger partial charge in [0.15, 0.2) is 11.6 Å². The number of carboxylic acid groups (broad SMARTS) is 3. The molecule has 0 aromatic carbocycles. The summed E-state index contributed by atoms with van der Waals surface area (Å²) in [4.78, 5) is 53.6. The summed E-state index contributed by atoms with van der Waals surface area (Å²) >= 11 is 0. The molecule has 0 aromatic heterocycles. The predicted octanol–water partition coefficient (Wildman–Crippen LogP) is 2.24. The van der Waals surface area contributed by atoms with E-state index in [1.807, 2.05) is 0 Å². The van der Waals surface area contributed by atoms with E-state index in [1.165, 1.54) is 70.6 Å². The maximum atomic E-state index is 11.0. The molecule has 246 valence electrons. The lowest BCUT2D eigenvalue weighted by molar-refractivity contribution is -0.206. The third-order valence-electron chi connectivity index (χ3n) is 6.24. The van der Waals surface area contributed by atoms with Crippen molar-refractivity contribution in [3.8, 4) is 0 Å². The lowest BCUT2D eigenvalue weighted by Gasteiger charge is -2.32. The summed E-state index contributed by atoms with van der Waals surface area (Å²) < 4.78 is 0. The normalized spacial score (nSPS) is 13.6. The lowest BCUT2D eigenvalue weighted by atomic mass is 9.77. The molecule has 42 heavy (non-hydrogen) atoms. The zero-order chi connectivity index (χ0) is 33.2. The summed E-state index contributed by atoms with van der Waals surface area (Å²) in [5.74, 6) is -8.44. The lowest BCUT2D eigenvalue weighted by Crippen LogP contribution is -2.70. The molecule has 0 bridgehead atoms. The number of rotatable bonds is 22. The molecule has 2 unspecified atom stereocenters. The molecule has 0 saturated carbocycles. The summed E-state index contributed by atoms with van der Waals surface area (Å²) in [6, 6.07) is 0. The van der Waals surface area contributed by atoms with Gasteiger partial charge in [-0.3, -0.25) is 14.4 Å². The van der Waals surface area contributed by atoms with E-state index in [-0.39, 0.29) is 13.2 Å². The molecule has 13 heteroatoms. The third-order valence-corrected chi connectivity index (χ3v) is 6.24. The number of carboxylic acids is 3. The van der Waals surface area contributed by atoms with Crippen molar-refractivity contribution in [2.75, 3.05) is 13.2 Å². The fraction of sp³-hybridized carbons (Fsp3) is 0.759. The minimum absolute atomic E-state index is 0.332. The second-order valence-corrected chi connectivity index (χ2v) is 9.89. The van der Waals surface area contributed by atoms with Crippen LogP contribution in [0, 0.1) is 0 Å². The fourth-order valence-corrected chi connectivity index (χ4v) is 3.52. The first-order chi connectivity index (χ1) is 19.6. The van der Waals surface area contributed by atoms with Crippen LogP contribution >= 0.6 is 0 Å². The van der Waals surface area contributed by atoms with Gasteiger partial charge in [0.1, 0.15) is 6.10 Å². The van der Waals surface area contributed by atoms with Gasteiger partial charge in [-0.15, -0.1) is 0 Å². The summed E-state index contributed by atoms with van der Waals surface area (Å²) in [6.07, 6.45) is 20.3. The number of hydrogen-bond donors (Lipinski definition) is 8. The van der Waals surface area contributed by atoms with Gasteiger partial charge in [-0.2, -0.15) is 0 Å². The van der Waals surface area contributed by atoms with E-state index < -0.39 is 46.8 Å². The molecule has 0 aliphatic heterocycles. The fourth-order valence-electron chi connectivity index (χ4n) is 3.52. The number of carbonyl (C=O) groups is 5. The van der Waals surface area contributed by atoms with Crippen molar-refractivity contribution in [3.05, 3.63) is 12.2 Å². The molecule has 13 nitrogen and oxygen atoms in total. The Labute approximate surface area is 247 Å². The molecule has 0 aliphatic carbocycles. The number of aliphatic hydroxyl groups is 5. The summed E-state index contributed by atoms with van der Waals surface area (Å²) in [7, 11) is 0. The molecule has 0 amide bonds. The molecule has 8 N–H and O–H groups in total. The van der Waals surface area contributed by atoms with Gasteiger partial charge in [-0.1, -0.05) is 70.4 Å². The average Bonchev–Trinajstić information content (AvgIpc) is 2.93. The Hall–Kier alpha value is -2.71. The van der Waals surface area contributed by atoms with Crippen molar-refractivity contribution in [2.24, 2.45) is 0 Å². The van der Waals surface area contributed by atoms with E-state index in [2.05, 4.69) is 19.1 Å². The van der Waals surface area contributed by atoms with E-state index in [9.17, 15) is 34.2 Å². The van der Waals surface area contributed by atoms with Crippen LogP contribution in [0.25, 0.3) is 0 Å². The van der Waals surface area contributed by atoms with E-state index in [4.69, 9.17) is 30.6 Å². The van der Waals surface area contributed by atoms with Crippen LogP contribution in [0.4, 0.5) is 0 Å². The molecule has 0 fully saturated rings. The van der Waals surface area contributed by atoms with Gasteiger partial charge in [0, 0.05) is 6.42 Å². The largest absolute Gasteiger partial charge is 0.481 e. The van der Waals surface area contributed by atoms with E-state index in [1.54, 1.807) is 0 Å². The SMILES string of the molecule is CC(=O)C(O)(C(=O)O)C(O)(C(C)=O)C(=O)O.CCCCCCCC/C=C\CCCCCCCC(=O)O.OCC(O)CO. The number of aliphatic hydroxyl groups excluding tert-OH is 3. The zero-order valence-electron chi connectivity index (χ0n) is 25.2. The number of hydrogen-bond acceptors (Lipinski definition) is 10. The Kier molecular flexibility index (Phi) is 27.0. The van der Waals surface area contributed by atoms with Crippen LogP contribution in [0.3, 0.4) is 0 Å². The van der Waals surface area contributed by atoms with Gasteiger partial charge < -0.3 is 40.9 Å². The number of ketones is 2. The van der Waals surface area contributed by atoms with Gasteiger partial charge in [0.2, 0.25) is 0 Å². The quantitative estimate of drug-likeness (QED) is 0.0499. The smallest absolute Gasteiger partial charge is 0.347 e. The van der Waals surface area contributed by atoms with Crippen molar-refractivity contribution in [1.29, 1.82) is 0 Å². The van der Waals surface area contributed by atoms with Gasteiger partial charge >= 0.3 is 17.9 Å². The van der Waals surface area contributed by atoms with Crippen LogP contribution in [0.5, 0.6) is 0 Å². The highest BCUT2D eigenvalue weighted by molar-refractivity contribution is 6.20. The molecule has 0 radical (unpaired) electrons. The van der Waals surface area contributed by atoms with Crippen molar-refractivity contribution in [3.63, 3.8) is 0 Å². The molecular weight excluding hydrogens is 556 g/mol. The maximum absolute atomic E-state index is 11.0. The molecule has 2 atom stereocenters. The molecule has 0 spiro atoms. The first-order valence-corrected chi connectivity index (χ1v) is 14.3. The Morgan fingerprint density at radius 1 is 0.619 bits per heavy atom. The van der Waals surface area contributed by atoms with E-state index in [0.717, 1.165) is 12.8 Å². The number of allylic oxidation sites excluding steroid dienone is 2. The Morgan fingerprint density at radius 3 is 1.21 bits per heavy atom. The highest BCUT2D eigenvalue weighted by Gasteiger charge is 2.67. The number of aliphatic carboxylic acids is 3. The minimum atomic E-state index is -3.72. The second kappa shape index (κ2) is 26.0. The topological polar surface area (TPSA) is 247 Å². The molecule has 0 rings (SSSR count). The van der Waals surface area contributed by atoms with Crippen LogP contribution in [-0.4, -0.2) is 101 Å². The monoisotopic (exact) mass is 608 g/mol. The Bertz CT molecular complexity index is 739. The molecule has 0 heterocycles. The highest BCUT2D eigenvalue weighted by atomic mass is 16.5. The molecule has 0 aromatic rings. The second-order valence-electron chi connectivity index (χ2n) is 9.89. The number of Topliss-reactive ketones (excluding diaryl/α,β-unsaturated/α-hetero) is 2. The van der Waals surface area contributed by atoms with Gasteiger partial charge in [0.25, 0.3) is 11.2 Å². The standard InChI is InChI=1S/C18H34O2.C8H10O8.C3H8O3/c1-2-3-4-5-6-7-8-9-10-11-12-13-14-15-16-17-18(19)20;1-3(9)7(15,5(11)12)8(16,4(2)10)6(13)14;4-1-3(6)2-5/h9-10H,2-8,11-17H2,1H3,(H,19,20);15-16H,1-2H3,(H,11,12)(H,13,14);3-6H,1-2H2/b10-9-;;. The van der Waals surface area contributed by atoms with Crippen LogP contribution in [0.1, 0.15) is 111 Å². The van der Waals surface area contributed by atoms with Gasteiger partial charge in [-0.25, -0.2) is 9.59 Å². The maximum Gasteiger partial charge on any atom is 0.347 e. The van der Waals surface area contributed by atoms with Crippen LogP contribution in [0.2, 0.25) is 0 Å². The summed E-state index contributed by atoms with van der Waals surface area (Å²) in [5.41, 5.74) is -7.44. The zero-order valence-corrected chi connectivity index (χ0v) is 25.2. The van der Waals surface area contributed by atoms with Crippen LogP contribution in [-0.2, 0) is 24.0 Å². The number of unbranched alkanes of at least 4 members (excludes halogenated alkanes) is 11. The summed E-state index contributed by atoms with van der Waals surface area (Å²) in [6.45, 7) is 2.62. The van der Waals surface area contributed by atoms with Gasteiger partial charge in [-0.05, 0) is 46.0 Å². The van der Waals surface area contributed by atoms with Crippen molar-refractivity contribution < 1.29 is 64.8 Å². The first-order valence-electron chi connectivity index (χ1n) is 14.3. The highest BCUT2D eigenvalue weighted by Crippen LogP contribution is 2.26. The van der Waals surface area contributed by atoms with Gasteiger partial charge in [0.05, 0.1) is 13.2 Å². The van der Waals surface area contributed by atoms with E-state index in [0.29, 0.717) is 20.3 Å². The van der Waals surface area contributed by atoms with Crippen molar-refractivity contribution in [2.45, 2.75) is 128 Å². The minimum Gasteiger partial charge on any atom is -0.481 e. The van der Waals surface area contributed by atoms with Crippen LogP contribution in [0.15, 0.2) is 12.2 Å².